The molecule has 0 fully saturated rings. The van der Waals surface area contributed by atoms with E-state index in [2.05, 4.69) is 5.32 Å². The number of hydrogen-bond acceptors (Lipinski definition) is 3. The van der Waals surface area contributed by atoms with Crippen molar-refractivity contribution >= 4 is 16.8 Å². The molecular weight excluding hydrogens is 514 g/mol. The first-order chi connectivity index (χ1) is 17.5. The number of halogens is 8. The highest BCUT2D eigenvalue weighted by Gasteiger charge is 2.30. The molecule has 13 heteroatoms. The third-order valence-corrected chi connectivity index (χ3v) is 5.33. The highest BCUT2D eigenvalue weighted by molar-refractivity contribution is 5.97. The van der Waals surface area contributed by atoms with Crippen LogP contribution in [0.25, 0.3) is 16.6 Å². The van der Waals surface area contributed by atoms with Crippen LogP contribution in [0.1, 0.15) is 21.5 Å². The molecule has 1 amide bonds. The molecule has 0 bridgehead atoms. The average Bonchev–Trinajstić information content (AvgIpc) is 2.87. The van der Waals surface area contributed by atoms with Crippen molar-refractivity contribution in [2.45, 2.75) is 6.54 Å². The summed E-state index contributed by atoms with van der Waals surface area (Å²) in [7, 11) is 0. The van der Waals surface area contributed by atoms with Gasteiger partial charge in [-0.2, -0.15) is 5.26 Å². The van der Waals surface area contributed by atoms with Crippen LogP contribution in [-0.2, 0) is 6.54 Å². The van der Waals surface area contributed by atoms with Gasteiger partial charge in [-0.05, 0) is 23.8 Å². The number of fused-ring (bicyclic) bond motifs is 1. The van der Waals surface area contributed by atoms with Gasteiger partial charge in [0.05, 0.1) is 10.9 Å². The van der Waals surface area contributed by atoms with Gasteiger partial charge in [0.2, 0.25) is 5.43 Å². The second-order valence-electron chi connectivity index (χ2n) is 7.52. The van der Waals surface area contributed by atoms with Gasteiger partial charge in [-0.15, -0.1) is 0 Å². The Morgan fingerprint density at radius 3 is 2.03 bits per heavy atom. The summed E-state index contributed by atoms with van der Waals surface area (Å²) in [5.74, 6) is -17.0. The van der Waals surface area contributed by atoms with E-state index in [9.17, 15) is 44.7 Å². The monoisotopic (exact) mass is 523 g/mol. The van der Waals surface area contributed by atoms with Crippen LogP contribution in [0, 0.1) is 57.9 Å². The fourth-order valence-electron chi connectivity index (χ4n) is 3.54. The number of carbonyl (C=O) groups is 1. The molecule has 4 aromatic rings. The molecule has 3 aromatic carbocycles. The van der Waals surface area contributed by atoms with Crippen molar-refractivity contribution < 1.29 is 39.9 Å². The number of rotatable bonds is 4. The van der Waals surface area contributed by atoms with Crippen molar-refractivity contribution in [3.05, 3.63) is 110 Å². The summed E-state index contributed by atoms with van der Waals surface area (Å²) in [5, 5.41) is 9.89. The van der Waals surface area contributed by atoms with Gasteiger partial charge in [0.1, 0.15) is 28.7 Å². The molecule has 4 rings (SSSR count). The van der Waals surface area contributed by atoms with Gasteiger partial charge in [-0.25, -0.2) is 35.1 Å². The van der Waals surface area contributed by atoms with Gasteiger partial charge in [0, 0.05) is 12.7 Å². The molecule has 0 aliphatic rings. The molecule has 0 saturated heterocycles. The summed E-state index contributed by atoms with van der Waals surface area (Å²) >= 11 is 0. The van der Waals surface area contributed by atoms with Crippen LogP contribution in [0.2, 0.25) is 0 Å². The first-order valence-electron chi connectivity index (χ1n) is 9.99. The standard InChI is InChI=1S/C24H9F8N3O2/c25-10-3-1-9(2-4-10)7-34-24(37)13-8-35(21-11(23(13)36)5-14(26)17(29)20(21)32)22-18(30)15(27)12(6-33)16(28)19(22)31/h1-5,8H,7H2,(H,34,37). The fraction of sp³-hybridized carbons (Fsp3) is 0.0417. The number of hydrogen-bond donors (Lipinski definition) is 1. The molecular formula is C24H9F8N3O2. The molecule has 0 aliphatic carbocycles. The maximum atomic E-state index is 14.8. The maximum absolute atomic E-state index is 14.8. The Labute approximate surface area is 200 Å². The molecule has 37 heavy (non-hydrogen) atoms. The van der Waals surface area contributed by atoms with Crippen molar-refractivity contribution in [1.82, 2.24) is 9.88 Å². The molecule has 1 aromatic heterocycles. The summed E-state index contributed by atoms with van der Waals surface area (Å²) in [6, 6.07) is 5.70. The summed E-state index contributed by atoms with van der Waals surface area (Å²) in [4.78, 5) is 25.6. The van der Waals surface area contributed by atoms with Crippen LogP contribution in [0.4, 0.5) is 35.1 Å². The largest absolute Gasteiger partial charge is 0.348 e. The molecule has 0 atom stereocenters. The third-order valence-electron chi connectivity index (χ3n) is 5.33. The van der Waals surface area contributed by atoms with E-state index in [0.717, 1.165) is 18.2 Å². The molecule has 0 spiro atoms. The number of pyridine rings is 1. The normalized spacial score (nSPS) is 11.0. The molecule has 0 aliphatic heterocycles. The minimum absolute atomic E-state index is 0.0701. The highest BCUT2D eigenvalue weighted by atomic mass is 19.2. The molecule has 5 nitrogen and oxygen atoms in total. The van der Waals surface area contributed by atoms with Gasteiger partial charge in [0.15, 0.2) is 40.7 Å². The zero-order valence-corrected chi connectivity index (χ0v) is 17.9. The van der Waals surface area contributed by atoms with E-state index >= 15 is 0 Å². The number of nitriles is 1. The molecule has 0 saturated carbocycles. The Bertz CT molecular complexity index is 1680. The number of benzene rings is 3. The second-order valence-corrected chi connectivity index (χ2v) is 7.52. The molecule has 0 radical (unpaired) electrons. The van der Waals surface area contributed by atoms with Gasteiger partial charge in [-0.1, -0.05) is 12.1 Å². The van der Waals surface area contributed by atoms with E-state index in [4.69, 9.17) is 5.26 Å². The van der Waals surface area contributed by atoms with Gasteiger partial charge < -0.3 is 9.88 Å². The lowest BCUT2D eigenvalue weighted by atomic mass is 10.1. The van der Waals surface area contributed by atoms with Crippen molar-refractivity contribution in [2.75, 3.05) is 0 Å². The van der Waals surface area contributed by atoms with Crippen LogP contribution in [-0.4, -0.2) is 10.5 Å². The van der Waals surface area contributed by atoms with E-state index < -0.39 is 85.6 Å². The number of carbonyl (C=O) groups excluding carboxylic acids is 1. The molecule has 188 valence electrons. The Hall–Kier alpha value is -4.73. The first-order valence-corrected chi connectivity index (χ1v) is 9.99. The van der Waals surface area contributed by atoms with Gasteiger partial charge in [0.25, 0.3) is 5.91 Å². The zero-order chi connectivity index (χ0) is 27.2. The lowest BCUT2D eigenvalue weighted by Crippen LogP contribution is -2.30. The lowest BCUT2D eigenvalue weighted by molar-refractivity contribution is 0.0949. The van der Waals surface area contributed by atoms with E-state index in [0.29, 0.717) is 5.56 Å². The topological polar surface area (TPSA) is 74.9 Å². The maximum Gasteiger partial charge on any atom is 0.257 e. The zero-order valence-electron chi connectivity index (χ0n) is 17.9. The van der Waals surface area contributed by atoms with Gasteiger partial charge in [-0.3, -0.25) is 9.59 Å². The number of nitrogens with zero attached hydrogens (tertiary/aromatic N) is 2. The second kappa shape index (κ2) is 9.38. The Kier molecular flexibility index (Phi) is 6.43. The minimum Gasteiger partial charge on any atom is -0.348 e. The summed E-state index contributed by atoms with van der Waals surface area (Å²) in [6.45, 7) is -0.314. The van der Waals surface area contributed by atoms with Crippen LogP contribution in [0.5, 0.6) is 0 Å². The van der Waals surface area contributed by atoms with Crippen LogP contribution < -0.4 is 10.7 Å². The Morgan fingerprint density at radius 2 is 1.46 bits per heavy atom. The summed E-state index contributed by atoms with van der Waals surface area (Å²) < 4.78 is 114. The van der Waals surface area contributed by atoms with Crippen LogP contribution >= 0.6 is 0 Å². The SMILES string of the molecule is N#Cc1c(F)c(F)c(-n2cc(C(=O)NCc3ccc(F)cc3)c(=O)c3cc(F)c(F)c(F)c32)c(F)c1F. The predicted molar refractivity (Wildman–Crippen MR) is 112 cm³/mol. The van der Waals surface area contributed by atoms with E-state index in [1.165, 1.54) is 12.1 Å². The molecule has 1 N–H and O–H groups in total. The Balaban J connectivity index is 2.00. The van der Waals surface area contributed by atoms with Crippen molar-refractivity contribution in [3.8, 4) is 11.8 Å². The first kappa shape index (κ1) is 25.4. The summed E-state index contributed by atoms with van der Waals surface area (Å²) in [5.41, 5.74) is -6.86. The molecule has 1 heterocycles. The number of aromatic nitrogens is 1. The van der Waals surface area contributed by atoms with E-state index in [1.54, 1.807) is 0 Å². The highest BCUT2D eigenvalue weighted by Crippen LogP contribution is 2.31. The fourth-order valence-corrected chi connectivity index (χ4v) is 3.54. The lowest BCUT2D eigenvalue weighted by Gasteiger charge is -2.17. The Morgan fingerprint density at radius 1 is 0.865 bits per heavy atom. The molecule has 0 unspecified atom stereocenters. The third kappa shape index (κ3) is 4.16. The quantitative estimate of drug-likeness (QED) is 0.235. The summed E-state index contributed by atoms with van der Waals surface area (Å²) in [6.07, 6.45) is 0.275. The number of amides is 1. The average molecular weight is 523 g/mol. The van der Waals surface area contributed by atoms with Crippen molar-refractivity contribution in [3.63, 3.8) is 0 Å². The van der Waals surface area contributed by atoms with Crippen LogP contribution in [0.15, 0.2) is 41.3 Å². The smallest absolute Gasteiger partial charge is 0.257 e. The van der Waals surface area contributed by atoms with Crippen molar-refractivity contribution in [2.24, 2.45) is 0 Å². The van der Waals surface area contributed by atoms with Gasteiger partial charge >= 0.3 is 0 Å². The minimum atomic E-state index is -2.25. The van der Waals surface area contributed by atoms with E-state index in [-0.39, 0.29) is 23.4 Å². The van der Waals surface area contributed by atoms with Crippen molar-refractivity contribution in [1.29, 1.82) is 5.26 Å². The number of nitrogens with one attached hydrogen (secondary N) is 1. The predicted octanol–water partition coefficient (Wildman–Crippen LogP) is 4.91. The van der Waals surface area contributed by atoms with E-state index in [1.807, 2.05) is 0 Å². The van der Waals surface area contributed by atoms with Crippen LogP contribution in [0.3, 0.4) is 0 Å².